The highest BCUT2D eigenvalue weighted by Gasteiger charge is 2.19. The minimum Gasteiger partial charge on any atom is -0.398 e. The molecule has 1 rings (SSSR count). The number of amides is 1. The molecule has 100 valence electrons. The van der Waals surface area contributed by atoms with Crippen LogP contribution in [0.1, 0.15) is 20.8 Å². The highest BCUT2D eigenvalue weighted by molar-refractivity contribution is 8.00. The number of hydrogen-bond donors (Lipinski definition) is 1. The van der Waals surface area contributed by atoms with Crippen LogP contribution < -0.4 is 5.73 Å². The van der Waals surface area contributed by atoms with Crippen molar-refractivity contribution in [2.45, 2.75) is 30.9 Å². The normalized spacial score (nSPS) is 12.2. The first-order valence-corrected chi connectivity index (χ1v) is 7.25. The van der Waals surface area contributed by atoms with Gasteiger partial charge in [-0.1, -0.05) is 11.6 Å². The second kappa shape index (κ2) is 6.90. The molecule has 2 N–H and O–H groups in total. The number of rotatable bonds is 5. The Morgan fingerprint density at radius 1 is 1.44 bits per heavy atom. The van der Waals surface area contributed by atoms with Gasteiger partial charge in [-0.3, -0.25) is 4.79 Å². The van der Waals surface area contributed by atoms with Crippen molar-refractivity contribution in [2.24, 2.45) is 0 Å². The molecule has 0 bridgehead atoms. The van der Waals surface area contributed by atoms with E-state index >= 15 is 0 Å². The molecule has 0 heterocycles. The summed E-state index contributed by atoms with van der Waals surface area (Å²) in [5.41, 5.74) is 6.50. The van der Waals surface area contributed by atoms with Crippen LogP contribution in [0.5, 0.6) is 0 Å². The fraction of sp³-hybridized carbons (Fsp3) is 0.462. The molecule has 18 heavy (non-hydrogen) atoms. The number of carbonyl (C=O) groups is 1. The monoisotopic (exact) mass is 286 g/mol. The molecule has 0 saturated heterocycles. The predicted molar refractivity (Wildman–Crippen MR) is 79.1 cm³/mol. The van der Waals surface area contributed by atoms with Gasteiger partial charge in [0, 0.05) is 28.7 Å². The fourth-order valence-corrected chi connectivity index (χ4v) is 2.81. The molecular weight excluding hydrogens is 268 g/mol. The zero-order valence-electron chi connectivity index (χ0n) is 10.9. The molecule has 0 aliphatic rings. The van der Waals surface area contributed by atoms with Crippen LogP contribution in [0.25, 0.3) is 0 Å². The Labute approximate surface area is 118 Å². The molecule has 0 aromatic heterocycles. The molecule has 0 aliphatic heterocycles. The molecule has 1 atom stereocenters. The average Bonchev–Trinajstić information content (AvgIpc) is 2.34. The Morgan fingerprint density at radius 3 is 2.56 bits per heavy atom. The van der Waals surface area contributed by atoms with Gasteiger partial charge in [0.25, 0.3) is 0 Å². The Hall–Kier alpha value is -0.870. The van der Waals surface area contributed by atoms with Crippen molar-refractivity contribution in [2.75, 3.05) is 18.8 Å². The van der Waals surface area contributed by atoms with Crippen molar-refractivity contribution >= 4 is 35.0 Å². The van der Waals surface area contributed by atoms with Gasteiger partial charge < -0.3 is 10.6 Å². The zero-order chi connectivity index (χ0) is 13.7. The van der Waals surface area contributed by atoms with Crippen molar-refractivity contribution in [1.82, 2.24) is 4.90 Å². The summed E-state index contributed by atoms with van der Waals surface area (Å²) in [5, 5.41) is 0.466. The summed E-state index contributed by atoms with van der Waals surface area (Å²) in [6.07, 6.45) is 0. The number of benzene rings is 1. The van der Waals surface area contributed by atoms with Crippen molar-refractivity contribution in [3.05, 3.63) is 23.2 Å². The van der Waals surface area contributed by atoms with E-state index in [0.29, 0.717) is 10.7 Å². The first-order chi connectivity index (χ1) is 8.49. The highest BCUT2D eigenvalue weighted by Crippen LogP contribution is 2.31. The number of hydrogen-bond acceptors (Lipinski definition) is 3. The van der Waals surface area contributed by atoms with E-state index in [2.05, 4.69) is 0 Å². The van der Waals surface area contributed by atoms with E-state index in [9.17, 15) is 4.79 Å². The van der Waals surface area contributed by atoms with Crippen molar-refractivity contribution in [3.63, 3.8) is 0 Å². The van der Waals surface area contributed by atoms with Crippen LogP contribution in [0.2, 0.25) is 5.02 Å². The van der Waals surface area contributed by atoms with Gasteiger partial charge in [-0.05, 0) is 39.0 Å². The minimum atomic E-state index is -0.145. The molecule has 0 radical (unpaired) electrons. The van der Waals surface area contributed by atoms with E-state index in [1.54, 1.807) is 12.1 Å². The first kappa shape index (κ1) is 15.2. The van der Waals surface area contributed by atoms with Gasteiger partial charge in [0.05, 0.1) is 5.25 Å². The number of thioether (sulfide) groups is 1. The molecule has 0 saturated carbocycles. The molecule has 1 aromatic carbocycles. The third kappa shape index (κ3) is 3.82. The Morgan fingerprint density at radius 2 is 2.06 bits per heavy atom. The lowest BCUT2D eigenvalue weighted by atomic mass is 10.3. The van der Waals surface area contributed by atoms with E-state index in [1.807, 2.05) is 31.7 Å². The lowest BCUT2D eigenvalue weighted by molar-refractivity contribution is -0.129. The molecule has 0 fully saturated rings. The topological polar surface area (TPSA) is 46.3 Å². The van der Waals surface area contributed by atoms with Crippen LogP contribution in [-0.4, -0.2) is 29.1 Å². The summed E-state index contributed by atoms with van der Waals surface area (Å²) < 4.78 is 0. The molecule has 0 spiro atoms. The van der Waals surface area contributed by atoms with Gasteiger partial charge in [0.2, 0.25) is 5.91 Å². The third-order valence-corrected chi connectivity index (χ3v) is 4.11. The zero-order valence-corrected chi connectivity index (χ0v) is 12.5. The lowest BCUT2D eigenvalue weighted by Crippen LogP contribution is -2.36. The van der Waals surface area contributed by atoms with Gasteiger partial charge in [-0.25, -0.2) is 0 Å². The Balaban J connectivity index is 2.75. The van der Waals surface area contributed by atoms with Crippen LogP contribution in [0.15, 0.2) is 23.1 Å². The van der Waals surface area contributed by atoms with E-state index in [1.165, 1.54) is 11.8 Å². The van der Waals surface area contributed by atoms with Gasteiger partial charge >= 0.3 is 0 Å². The Bertz CT molecular complexity index is 421. The molecule has 1 amide bonds. The SMILES string of the molecule is CCN(CC)C(=O)C(C)Sc1ccc(Cl)cc1N. The maximum Gasteiger partial charge on any atom is 0.235 e. The standard InChI is InChI=1S/C13H19ClN2OS/c1-4-16(5-2)13(17)9(3)18-12-7-6-10(14)8-11(12)15/h6-9H,4-5,15H2,1-3H3. The van der Waals surface area contributed by atoms with Gasteiger partial charge in [-0.15, -0.1) is 11.8 Å². The Kier molecular flexibility index (Phi) is 5.82. The van der Waals surface area contributed by atoms with Crippen LogP contribution in [0.3, 0.4) is 0 Å². The van der Waals surface area contributed by atoms with Crippen molar-refractivity contribution in [1.29, 1.82) is 0 Å². The molecule has 1 aromatic rings. The lowest BCUT2D eigenvalue weighted by Gasteiger charge is -2.22. The predicted octanol–water partition coefficient (Wildman–Crippen LogP) is 3.27. The maximum absolute atomic E-state index is 12.1. The smallest absolute Gasteiger partial charge is 0.235 e. The van der Waals surface area contributed by atoms with E-state index in [0.717, 1.165) is 18.0 Å². The average molecular weight is 287 g/mol. The summed E-state index contributed by atoms with van der Waals surface area (Å²) >= 11 is 7.32. The van der Waals surface area contributed by atoms with Crippen molar-refractivity contribution < 1.29 is 4.79 Å². The van der Waals surface area contributed by atoms with Crippen LogP contribution in [0, 0.1) is 0 Å². The third-order valence-electron chi connectivity index (χ3n) is 2.70. The number of nitrogens with two attached hydrogens (primary N) is 1. The van der Waals surface area contributed by atoms with Crippen molar-refractivity contribution in [3.8, 4) is 0 Å². The van der Waals surface area contributed by atoms with Gasteiger partial charge in [0.15, 0.2) is 0 Å². The number of carbonyl (C=O) groups excluding carboxylic acids is 1. The second-order valence-electron chi connectivity index (χ2n) is 3.95. The highest BCUT2D eigenvalue weighted by atomic mass is 35.5. The summed E-state index contributed by atoms with van der Waals surface area (Å²) in [5.74, 6) is 0.138. The number of nitrogen functional groups attached to an aromatic ring is 1. The summed E-state index contributed by atoms with van der Waals surface area (Å²) in [6.45, 7) is 7.33. The largest absolute Gasteiger partial charge is 0.398 e. The van der Waals surface area contributed by atoms with E-state index in [4.69, 9.17) is 17.3 Å². The van der Waals surface area contributed by atoms with E-state index < -0.39 is 0 Å². The van der Waals surface area contributed by atoms with Crippen LogP contribution >= 0.6 is 23.4 Å². The first-order valence-electron chi connectivity index (χ1n) is 6.00. The summed E-state index contributed by atoms with van der Waals surface area (Å²) in [6, 6.07) is 5.35. The second-order valence-corrected chi connectivity index (χ2v) is 5.77. The molecule has 0 aliphatic carbocycles. The van der Waals surface area contributed by atoms with E-state index in [-0.39, 0.29) is 11.2 Å². The van der Waals surface area contributed by atoms with Gasteiger partial charge in [-0.2, -0.15) is 0 Å². The summed E-state index contributed by atoms with van der Waals surface area (Å²) in [4.78, 5) is 14.8. The molecule has 3 nitrogen and oxygen atoms in total. The van der Waals surface area contributed by atoms with Gasteiger partial charge in [0.1, 0.15) is 0 Å². The summed E-state index contributed by atoms with van der Waals surface area (Å²) in [7, 11) is 0. The maximum atomic E-state index is 12.1. The fourth-order valence-electron chi connectivity index (χ4n) is 1.66. The minimum absolute atomic E-state index is 0.138. The quantitative estimate of drug-likeness (QED) is 0.667. The number of halogens is 1. The molecule has 1 unspecified atom stereocenters. The molecular formula is C13H19ClN2OS. The van der Waals surface area contributed by atoms with Crippen LogP contribution in [-0.2, 0) is 4.79 Å². The number of anilines is 1. The molecule has 5 heteroatoms. The number of nitrogens with zero attached hydrogens (tertiary/aromatic N) is 1. The van der Waals surface area contributed by atoms with Crippen LogP contribution in [0.4, 0.5) is 5.69 Å².